The normalized spacial score (nSPS) is 41.1. The summed E-state index contributed by atoms with van der Waals surface area (Å²) in [5.74, 6) is -3.60. The van der Waals surface area contributed by atoms with Crippen LogP contribution in [0.1, 0.15) is 52.5 Å². The zero-order valence-corrected chi connectivity index (χ0v) is 23.6. The Kier molecular flexibility index (Phi) is 7.40. The highest BCUT2D eigenvalue weighted by molar-refractivity contribution is 6.09. The van der Waals surface area contributed by atoms with Gasteiger partial charge >= 0.3 is 0 Å². The van der Waals surface area contributed by atoms with Gasteiger partial charge in [-0.2, -0.15) is 0 Å². The highest BCUT2D eigenvalue weighted by Gasteiger charge is 2.71. The van der Waals surface area contributed by atoms with Gasteiger partial charge in [0, 0.05) is 41.4 Å². The Labute approximate surface area is 234 Å². The number of aliphatic hydroxyl groups excluding tert-OH is 2. The number of hydrogen-bond donors (Lipinski definition) is 5. The van der Waals surface area contributed by atoms with E-state index in [1.165, 1.54) is 0 Å². The van der Waals surface area contributed by atoms with Crippen LogP contribution < -0.4 is 5.32 Å². The fourth-order valence-corrected chi connectivity index (χ4v) is 7.56. The standard InChI is InChI=1S/C32H40N2O6/c1-17-8-7-10-22-29(38)31(4,40)19(3)27-24(15-20-16-33-23-11-6-5-9-21(20)23)34-30(39)32(22,27)26(36)13-12-25(35)28(37)18(2)14-17/h5-7,9-11,14,16-17,19,22,24-25,27,29,33,35,38,40H,8,12-13,15H2,1-4H3,(H,34,39)/b10-7+,18-14+/t17-,19-,22-,24-,25-,27-,29-,31-,32+/m0/s1. The minimum atomic E-state index is -1.66. The van der Waals surface area contributed by atoms with Gasteiger partial charge in [0.2, 0.25) is 5.91 Å². The van der Waals surface area contributed by atoms with Crippen LogP contribution in [-0.4, -0.2) is 61.6 Å². The van der Waals surface area contributed by atoms with Crippen LogP contribution in [0.25, 0.3) is 10.9 Å². The molecule has 2 aliphatic carbocycles. The van der Waals surface area contributed by atoms with Gasteiger partial charge in [0.15, 0.2) is 5.78 Å². The number of aliphatic hydroxyl groups is 3. The largest absolute Gasteiger partial charge is 0.389 e. The fraction of sp³-hybridized carbons (Fsp3) is 0.531. The van der Waals surface area contributed by atoms with Crippen LogP contribution in [0, 0.1) is 29.1 Å². The number of Topliss-reactive ketones (excluding diaryl/α,β-unsaturated/α-hetero) is 2. The smallest absolute Gasteiger partial charge is 0.235 e. The zero-order chi connectivity index (χ0) is 29.0. The first-order valence-corrected chi connectivity index (χ1v) is 14.3. The van der Waals surface area contributed by atoms with Crippen LogP contribution in [0.5, 0.6) is 0 Å². The molecule has 8 nitrogen and oxygen atoms in total. The summed E-state index contributed by atoms with van der Waals surface area (Å²) in [7, 11) is 0. The molecule has 1 aromatic heterocycles. The van der Waals surface area contributed by atoms with Gasteiger partial charge in [0.1, 0.15) is 17.3 Å². The van der Waals surface area contributed by atoms with E-state index in [1.807, 2.05) is 43.5 Å². The molecule has 1 aliphatic heterocycles. The second-order valence-corrected chi connectivity index (χ2v) is 12.4. The number of ketones is 2. The Hall–Kier alpha value is -3.07. The molecular weight excluding hydrogens is 508 g/mol. The molecule has 0 unspecified atom stereocenters. The molecule has 2 heterocycles. The van der Waals surface area contributed by atoms with E-state index in [2.05, 4.69) is 10.3 Å². The van der Waals surface area contributed by atoms with Crippen LogP contribution in [0.2, 0.25) is 0 Å². The number of fused-ring (bicyclic) bond motifs is 1. The summed E-state index contributed by atoms with van der Waals surface area (Å²) in [5, 5.41) is 38.0. The van der Waals surface area contributed by atoms with Crippen molar-refractivity contribution in [1.82, 2.24) is 10.3 Å². The lowest BCUT2D eigenvalue weighted by atomic mass is 9.49. The third kappa shape index (κ3) is 4.37. The van der Waals surface area contributed by atoms with Crippen LogP contribution in [0.4, 0.5) is 0 Å². The van der Waals surface area contributed by atoms with Crippen LogP contribution >= 0.6 is 0 Å². The van der Waals surface area contributed by atoms with Crippen LogP contribution in [0.15, 0.2) is 54.3 Å². The van der Waals surface area contributed by atoms with Crippen molar-refractivity contribution in [2.45, 2.75) is 77.2 Å². The Morgan fingerprint density at radius 3 is 2.58 bits per heavy atom. The van der Waals surface area contributed by atoms with E-state index in [0.717, 1.165) is 16.5 Å². The van der Waals surface area contributed by atoms with Crippen LogP contribution in [0.3, 0.4) is 0 Å². The maximum absolute atomic E-state index is 14.3. The zero-order valence-electron chi connectivity index (χ0n) is 23.6. The topological polar surface area (TPSA) is 140 Å². The molecule has 1 amide bonds. The molecule has 3 aliphatic rings. The number of amides is 1. The Bertz CT molecular complexity index is 1390. The first-order chi connectivity index (χ1) is 18.9. The van der Waals surface area contributed by atoms with Gasteiger partial charge in [-0.25, -0.2) is 0 Å². The van der Waals surface area contributed by atoms with Crippen LogP contribution in [-0.2, 0) is 20.8 Å². The molecule has 1 saturated carbocycles. The Balaban J connectivity index is 1.62. The molecule has 0 radical (unpaired) electrons. The number of aromatic amines is 1. The number of rotatable bonds is 2. The summed E-state index contributed by atoms with van der Waals surface area (Å²) in [6, 6.07) is 7.38. The van der Waals surface area contributed by atoms with Gasteiger partial charge in [-0.3, -0.25) is 14.4 Å². The number of nitrogens with one attached hydrogen (secondary N) is 2. The van der Waals surface area contributed by atoms with E-state index in [1.54, 1.807) is 32.9 Å². The first kappa shape index (κ1) is 28.5. The fourth-order valence-electron chi connectivity index (χ4n) is 7.56. The molecule has 214 valence electrons. The van der Waals surface area contributed by atoms with E-state index in [-0.39, 0.29) is 18.8 Å². The van der Waals surface area contributed by atoms with E-state index in [0.29, 0.717) is 18.4 Å². The quantitative estimate of drug-likeness (QED) is 0.289. The molecule has 1 spiro atoms. The molecule has 2 aromatic rings. The molecule has 9 atom stereocenters. The number of allylic oxidation sites excluding steroid dienone is 2. The summed E-state index contributed by atoms with van der Waals surface area (Å²) >= 11 is 0. The van der Waals surface area contributed by atoms with E-state index in [4.69, 9.17) is 0 Å². The molecule has 0 bridgehead atoms. The number of carbonyl (C=O) groups excluding carboxylic acids is 3. The molecule has 5 N–H and O–H groups in total. The van der Waals surface area contributed by atoms with Crippen molar-refractivity contribution in [2.75, 3.05) is 0 Å². The Morgan fingerprint density at radius 2 is 1.82 bits per heavy atom. The van der Waals surface area contributed by atoms with Crippen molar-refractivity contribution < 1.29 is 29.7 Å². The van der Waals surface area contributed by atoms with Crippen molar-refractivity contribution in [3.05, 3.63) is 59.8 Å². The molecule has 1 saturated heterocycles. The predicted molar refractivity (Wildman–Crippen MR) is 151 cm³/mol. The lowest BCUT2D eigenvalue weighted by molar-refractivity contribution is -0.199. The van der Waals surface area contributed by atoms with Crippen molar-refractivity contribution in [2.24, 2.45) is 29.1 Å². The predicted octanol–water partition coefficient (Wildman–Crippen LogP) is 3.01. The second-order valence-electron chi connectivity index (χ2n) is 12.4. The molecule has 40 heavy (non-hydrogen) atoms. The minimum absolute atomic E-state index is 0.0530. The van der Waals surface area contributed by atoms with Crippen molar-refractivity contribution >= 4 is 28.4 Å². The van der Waals surface area contributed by atoms with Crippen molar-refractivity contribution in [1.29, 1.82) is 0 Å². The van der Waals surface area contributed by atoms with Gasteiger partial charge in [0.05, 0.1) is 11.7 Å². The number of para-hydroxylation sites is 1. The number of benzene rings is 1. The third-order valence-corrected chi connectivity index (χ3v) is 9.87. The van der Waals surface area contributed by atoms with Gasteiger partial charge in [-0.1, -0.05) is 50.3 Å². The van der Waals surface area contributed by atoms with E-state index in [9.17, 15) is 29.7 Å². The summed E-state index contributed by atoms with van der Waals surface area (Å²) in [6.45, 7) is 6.96. The monoisotopic (exact) mass is 548 g/mol. The van der Waals surface area contributed by atoms with Gasteiger partial charge < -0.3 is 25.6 Å². The number of hydrogen-bond acceptors (Lipinski definition) is 6. The molecular formula is C32H40N2O6. The van der Waals surface area contributed by atoms with Gasteiger partial charge in [-0.05, 0) is 62.1 Å². The third-order valence-electron chi connectivity index (χ3n) is 9.87. The molecule has 8 heteroatoms. The molecule has 5 rings (SSSR count). The highest BCUT2D eigenvalue weighted by atomic mass is 16.3. The average Bonchev–Trinajstić information content (AvgIpc) is 3.45. The number of aromatic nitrogens is 1. The van der Waals surface area contributed by atoms with Gasteiger partial charge in [0.25, 0.3) is 0 Å². The minimum Gasteiger partial charge on any atom is -0.389 e. The number of carbonyl (C=O) groups is 3. The summed E-state index contributed by atoms with van der Waals surface area (Å²) in [6.07, 6.45) is 5.12. The maximum atomic E-state index is 14.3. The van der Waals surface area contributed by atoms with E-state index >= 15 is 0 Å². The van der Waals surface area contributed by atoms with E-state index < -0.39 is 64.5 Å². The highest BCUT2D eigenvalue weighted by Crippen LogP contribution is 2.58. The lowest BCUT2D eigenvalue weighted by Crippen LogP contribution is -2.67. The summed E-state index contributed by atoms with van der Waals surface area (Å²) in [5.41, 5.74) is -0.846. The SMILES string of the molecule is C/C1=C\[C@@H](C)C/C=C/[C@H]2[C@H](O)[C@@](C)(O)[C@@H](C)[C@H]3[C@H](Cc4c[nH]c5ccccc45)NC(=O)[C@]32C(=O)CC[C@H](O)C1=O. The van der Waals surface area contributed by atoms with Crippen molar-refractivity contribution in [3.8, 4) is 0 Å². The van der Waals surface area contributed by atoms with Gasteiger partial charge in [-0.15, -0.1) is 0 Å². The maximum Gasteiger partial charge on any atom is 0.235 e. The van der Waals surface area contributed by atoms with Crippen molar-refractivity contribution in [3.63, 3.8) is 0 Å². The molecule has 2 fully saturated rings. The number of H-pyrrole nitrogens is 1. The first-order valence-electron chi connectivity index (χ1n) is 14.3. The molecule has 1 aromatic carbocycles. The second kappa shape index (κ2) is 10.4. The Morgan fingerprint density at radius 1 is 1.10 bits per heavy atom. The average molecular weight is 549 g/mol. The summed E-state index contributed by atoms with van der Waals surface area (Å²) < 4.78 is 0. The lowest BCUT2D eigenvalue weighted by Gasteiger charge is -2.55. The summed E-state index contributed by atoms with van der Waals surface area (Å²) in [4.78, 5) is 44.5.